The number of rotatable bonds is 9. The Balaban J connectivity index is 1.89. The Hall–Kier alpha value is -5.26. The van der Waals surface area contributed by atoms with E-state index in [1.807, 2.05) is 0 Å². The quantitative estimate of drug-likeness (QED) is 0.0958. The molecule has 3 aromatic carbocycles. The van der Waals surface area contributed by atoms with Crippen LogP contribution >= 0.6 is 0 Å². The molecule has 0 aliphatic heterocycles. The lowest BCUT2D eigenvalue weighted by atomic mass is 9.66. The molecule has 0 bridgehead atoms. The summed E-state index contributed by atoms with van der Waals surface area (Å²) in [5, 5.41) is 34.5. The standard InChI is InChI=1S/C29H31N5O7/c1-16-10-12-29(13-11-16,28(36)37)24-22(40-20-6-2-17(3-7-20)25(30)33-38)14-19(27(32)35)15-23(24)41-21-8-4-18(5-9-21)26(31)34-39/h2-9,14-16,38-39H,10-13H2,1H3,(H2,30,33)(H2,31,34)(H2,32,35)(H,36,37). The number of amidine groups is 2. The van der Waals surface area contributed by atoms with Gasteiger partial charge in [0.15, 0.2) is 11.7 Å². The van der Waals surface area contributed by atoms with Crippen LogP contribution in [0.2, 0.25) is 0 Å². The van der Waals surface area contributed by atoms with Gasteiger partial charge in [-0.3, -0.25) is 9.59 Å². The highest BCUT2D eigenvalue weighted by atomic mass is 16.5. The lowest BCUT2D eigenvalue weighted by molar-refractivity contribution is -0.145. The Morgan fingerprint density at radius 3 is 1.54 bits per heavy atom. The summed E-state index contributed by atoms with van der Waals surface area (Å²) in [7, 11) is 0. The minimum absolute atomic E-state index is 0.0463. The molecule has 0 unspecified atom stereocenters. The zero-order chi connectivity index (χ0) is 29.7. The lowest BCUT2D eigenvalue weighted by Gasteiger charge is -2.38. The van der Waals surface area contributed by atoms with E-state index in [2.05, 4.69) is 17.2 Å². The summed E-state index contributed by atoms with van der Waals surface area (Å²) in [6, 6.07) is 15.4. The predicted molar refractivity (Wildman–Crippen MR) is 150 cm³/mol. The number of carboxylic acid groups (broad SMARTS) is 1. The van der Waals surface area contributed by atoms with Gasteiger partial charge in [-0.15, -0.1) is 0 Å². The van der Waals surface area contributed by atoms with E-state index in [1.54, 1.807) is 48.5 Å². The number of carbonyl (C=O) groups is 2. The van der Waals surface area contributed by atoms with E-state index < -0.39 is 17.3 Å². The van der Waals surface area contributed by atoms with E-state index in [1.165, 1.54) is 12.1 Å². The van der Waals surface area contributed by atoms with E-state index in [0.717, 1.165) is 0 Å². The first kappa shape index (κ1) is 28.7. The van der Waals surface area contributed by atoms with Crippen molar-refractivity contribution in [2.24, 2.45) is 33.4 Å². The molecule has 3 aromatic rings. The normalized spacial score (nSPS) is 19.4. The summed E-state index contributed by atoms with van der Waals surface area (Å²) < 4.78 is 12.4. The molecule has 9 N–H and O–H groups in total. The van der Waals surface area contributed by atoms with Crippen molar-refractivity contribution in [3.63, 3.8) is 0 Å². The fourth-order valence-electron chi connectivity index (χ4n) is 4.95. The van der Waals surface area contributed by atoms with Crippen LogP contribution in [0.5, 0.6) is 23.0 Å². The molecule has 0 saturated heterocycles. The molecule has 0 heterocycles. The molecule has 41 heavy (non-hydrogen) atoms. The van der Waals surface area contributed by atoms with Crippen molar-refractivity contribution in [1.82, 2.24) is 0 Å². The minimum atomic E-state index is -1.38. The zero-order valence-corrected chi connectivity index (χ0v) is 22.3. The molecular formula is C29H31N5O7. The molecule has 1 aliphatic carbocycles. The topological polar surface area (TPSA) is 216 Å². The highest BCUT2D eigenvalue weighted by molar-refractivity contribution is 5.98. The van der Waals surface area contributed by atoms with Crippen molar-refractivity contribution in [3.8, 4) is 23.0 Å². The van der Waals surface area contributed by atoms with Crippen LogP contribution < -0.4 is 26.7 Å². The number of nitrogens with two attached hydrogens (primary N) is 3. The number of nitrogens with zero attached hydrogens (tertiary/aromatic N) is 2. The Morgan fingerprint density at radius 1 is 0.780 bits per heavy atom. The third-order valence-electron chi connectivity index (χ3n) is 7.34. The van der Waals surface area contributed by atoms with E-state index in [-0.39, 0.29) is 34.3 Å². The van der Waals surface area contributed by atoms with Crippen LogP contribution in [0, 0.1) is 5.92 Å². The molecule has 0 aromatic heterocycles. The van der Waals surface area contributed by atoms with E-state index >= 15 is 0 Å². The van der Waals surface area contributed by atoms with Crippen molar-refractivity contribution in [1.29, 1.82) is 0 Å². The smallest absolute Gasteiger partial charge is 0.314 e. The van der Waals surface area contributed by atoms with Crippen molar-refractivity contribution in [2.45, 2.75) is 38.0 Å². The van der Waals surface area contributed by atoms with Crippen molar-refractivity contribution >= 4 is 23.5 Å². The van der Waals surface area contributed by atoms with Crippen LogP contribution in [-0.4, -0.2) is 39.1 Å². The average molecular weight is 562 g/mol. The Bertz CT molecular complexity index is 1410. The van der Waals surface area contributed by atoms with Gasteiger partial charge in [-0.1, -0.05) is 17.2 Å². The van der Waals surface area contributed by atoms with Crippen LogP contribution in [0.3, 0.4) is 0 Å². The summed E-state index contributed by atoms with van der Waals surface area (Å²) in [6.45, 7) is 2.07. The van der Waals surface area contributed by atoms with Crippen LogP contribution in [0.25, 0.3) is 0 Å². The Morgan fingerprint density at radius 2 is 1.20 bits per heavy atom. The average Bonchev–Trinajstić information content (AvgIpc) is 2.97. The molecule has 1 aliphatic rings. The molecule has 0 radical (unpaired) electrons. The summed E-state index contributed by atoms with van der Waals surface area (Å²) in [5.41, 5.74) is 16.8. The second kappa shape index (κ2) is 11.9. The third-order valence-corrected chi connectivity index (χ3v) is 7.34. The van der Waals surface area contributed by atoms with E-state index in [0.29, 0.717) is 54.2 Å². The van der Waals surface area contributed by atoms with Gasteiger partial charge >= 0.3 is 5.97 Å². The minimum Gasteiger partial charge on any atom is -0.481 e. The van der Waals surface area contributed by atoms with Crippen LogP contribution in [0.1, 0.15) is 59.7 Å². The van der Waals surface area contributed by atoms with Gasteiger partial charge in [0.2, 0.25) is 5.91 Å². The first-order valence-electron chi connectivity index (χ1n) is 12.8. The molecule has 0 atom stereocenters. The van der Waals surface area contributed by atoms with Crippen LogP contribution in [0.4, 0.5) is 0 Å². The summed E-state index contributed by atoms with van der Waals surface area (Å²) in [5.74, 6) is -0.865. The van der Waals surface area contributed by atoms with E-state index in [4.69, 9.17) is 37.1 Å². The van der Waals surface area contributed by atoms with Crippen molar-refractivity contribution in [3.05, 3.63) is 82.9 Å². The Labute approximate surface area is 235 Å². The number of hydrogen-bond acceptors (Lipinski definition) is 8. The number of aliphatic carboxylic acids is 1. The number of oxime groups is 2. The maximum atomic E-state index is 13.0. The molecule has 214 valence electrons. The summed E-state index contributed by atoms with van der Waals surface area (Å²) >= 11 is 0. The third kappa shape index (κ3) is 6.01. The molecule has 1 fully saturated rings. The molecule has 1 amide bonds. The highest BCUT2D eigenvalue weighted by Gasteiger charge is 2.47. The van der Waals surface area contributed by atoms with Gasteiger partial charge in [0.1, 0.15) is 28.4 Å². The number of amides is 1. The van der Waals surface area contributed by atoms with Gasteiger partial charge in [-0.05, 0) is 92.3 Å². The highest BCUT2D eigenvalue weighted by Crippen LogP contribution is 2.51. The number of ether oxygens (including phenoxy) is 2. The second-order valence-corrected chi connectivity index (χ2v) is 10.0. The molecule has 12 nitrogen and oxygen atoms in total. The molecular weight excluding hydrogens is 530 g/mol. The monoisotopic (exact) mass is 561 g/mol. The molecule has 4 rings (SSSR count). The van der Waals surface area contributed by atoms with Gasteiger partial charge in [0.25, 0.3) is 0 Å². The first-order chi connectivity index (χ1) is 19.6. The van der Waals surface area contributed by atoms with Crippen molar-refractivity contribution in [2.75, 3.05) is 0 Å². The number of hydrogen-bond donors (Lipinski definition) is 6. The summed E-state index contributed by atoms with van der Waals surface area (Å²) in [6.07, 6.45) is 1.95. The first-order valence-corrected chi connectivity index (χ1v) is 12.8. The summed E-state index contributed by atoms with van der Waals surface area (Å²) in [4.78, 5) is 25.4. The lowest BCUT2D eigenvalue weighted by Crippen LogP contribution is -2.40. The van der Waals surface area contributed by atoms with Crippen molar-refractivity contribution < 1.29 is 34.6 Å². The Kier molecular flexibility index (Phi) is 8.32. The molecule has 12 heteroatoms. The zero-order valence-electron chi connectivity index (χ0n) is 22.3. The largest absolute Gasteiger partial charge is 0.481 e. The maximum absolute atomic E-state index is 13.0. The number of carbonyl (C=O) groups excluding carboxylic acids is 1. The van der Waals surface area contributed by atoms with Gasteiger partial charge in [0, 0.05) is 16.7 Å². The number of carboxylic acids is 1. The second-order valence-electron chi connectivity index (χ2n) is 10.0. The number of primary amides is 1. The SMILES string of the molecule is CC1CCC(C(=O)O)(c2c(Oc3ccc(C(N)=NO)cc3)cc(C(N)=O)cc2Oc2ccc(C(N)=NO)cc2)CC1. The fourth-order valence-corrected chi connectivity index (χ4v) is 4.95. The maximum Gasteiger partial charge on any atom is 0.314 e. The fraction of sp³-hybridized carbons (Fsp3) is 0.241. The molecule has 0 spiro atoms. The van der Waals surface area contributed by atoms with Gasteiger partial charge < -0.3 is 42.2 Å². The van der Waals surface area contributed by atoms with E-state index in [9.17, 15) is 14.7 Å². The molecule has 1 saturated carbocycles. The predicted octanol–water partition coefficient (Wildman–Crippen LogP) is 4.09. The number of benzene rings is 3. The van der Waals surface area contributed by atoms with Crippen LogP contribution in [0.15, 0.2) is 71.0 Å². The van der Waals surface area contributed by atoms with Gasteiger partial charge in [0.05, 0.1) is 5.56 Å². The van der Waals surface area contributed by atoms with Gasteiger partial charge in [-0.25, -0.2) is 0 Å². The van der Waals surface area contributed by atoms with Gasteiger partial charge in [-0.2, -0.15) is 0 Å². The van der Waals surface area contributed by atoms with Crippen LogP contribution in [-0.2, 0) is 10.2 Å².